The molecule has 1 fully saturated rings. The van der Waals surface area contributed by atoms with Crippen LogP contribution in [0.15, 0.2) is 30.3 Å². The first kappa shape index (κ1) is 16.3. The largest absolute Gasteiger partial charge is 0.481 e. The van der Waals surface area contributed by atoms with E-state index in [0.29, 0.717) is 16.1 Å². The normalized spacial score (nSPS) is 13.4. The third-order valence-electron chi connectivity index (χ3n) is 3.79. The predicted molar refractivity (Wildman–Crippen MR) is 86.0 cm³/mol. The summed E-state index contributed by atoms with van der Waals surface area (Å²) in [5.74, 6) is -1.33. The third-order valence-corrected chi connectivity index (χ3v) is 4.00. The van der Waals surface area contributed by atoms with Crippen LogP contribution < -0.4 is 4.74 Å². The molecule has 0 spiro atoms. The summed E-state index contributed by atoms with van der Waals surface area (Å²) >= 11 is 5.95. The summed E-state index contributed by atoms with van der Waals surface area (Å²) in [6.45, 7) is 0. The van der Waals surface area contributed by atoms with Gasteiger partial charge in [0.25, 0.3) is 0 Å². The summed E-state index contributed by atoms with van der Waals surface area (Å²) in [6.07, 6.45) is 1.45. The maximum Gasteiger partial charge on any atom is 0.307 e. The zero-order chi connectivity index (χ0) is 17.3. The zero-order valence-electron chi connectivity index (χ0n) is 12.6. The van der Waals surface area contributed by atoms with Crippen LogP contribution in [0.5, 0.6) is 11.5 Å². The molecule has 0 aromatic heterocycles. The lowest BCUT2D eigenvalue weighted by molar-refractivity contribution is -0.136. The van der Waals surface area contributed by atoms with E-state index in [2.05, 4.69) is 0 Å². The zero-order valence-corrected chi connectivity index (χ0v) is 13.3. The van der Waals surface area contributed by atoms with Gasteiger partial charge in [-0.3, -0.25) is 4.79 Å². The second-order valence-electron chi connectivity index (χ2n) is 5.69. The number of aliphatic carboxylic acids is 1. The van der Waals surface area contributed by atoms with E-state index in [0.717, 1.165) is 12.8 Å². The molecule has 6 heteroatoms. The Morgan fingerprint density at radius 3 is 2.75 bits per heavy atom. The molecule has 0 unspecified atom stereocenters. The minimum Gasteiger partial charge on any atom is -0.481 e. The molecular formula is C18H13ClFNO3. The summed E-state index contributed by atoms with van der Waals surface area (Å²) < 4.78 is 20.4. The highest BCUT2D eigenvalue weighted by Gasteiger charge is 2.30. The lowest BCUT2D eigenvalue weighted by atomic mass is 10.0. The molecule has 1 N–H and O–H groups in total. The maximum absolute atomic E-state index is 14.8. The molecule has 1 aliphatic rings. The van der Waals surface area contributed by atoms with Gasteiger partial charge in [0.15, 0.2) is 11.6 Å². The maximum atomic E-state index is 14.8. The monoisotopic (exact) mass is 345 g/mol. The first-order chi connectivity index (χ1) is 11.5. The van der Waals surface area contributed by atoms with Crippen molar-refractivity contribution < 1.29 is 19.0 Å². The van der Waals surface area contributed by atoms with Crippen LogP contribution in [0.25, 0.3) is 0 Å². The second kappa shape index (κ2) is 6.50. The van der Waals surface area contributed by atoms with Gasteiger partial charge in [0, 0.05) is 16.1 Å². The van der Waals surface area contributed by atoms with Gasteiger partial charge in [-0.15, -0.1) is 0 Å². The Bertz CT molecular complexity index is 856. The minimum atomic E-state index is -1.12. The van der Waals surface area contributed by atoms with Crippen LogP contribution in [0, 0.1) is 17.1 Å². The van der Waals surface area contributed by atoms with Crippen LogP contribution in [0.2, 0.25) is 5.02 Å². The molecular weight excluding hydrogens is 333 g/mol. The van der Waals surface area contributed by atoms with Gasteiger partial charge in [-0.1, -0.05) is 23.7 Å². The average Bonchev–Trinajstić information content (AvgIpc) is 3.35. The van der Waals surface area contributed by atoms with Gasteiger partial charge in [0.05, 0.1) is 18.1 Å². The number of carbonyl (C=O) groups is 1. The summed E-state index contributed by atoms with van der Waals surface area (Å²) in [5.41, 5.74) is 1.07. The van der Waals surface area contributed by atoms with Crippen LogP contribution in [0.3, 0.4) is 0 Å². The first-order valence-electron chi connectivity index (χ1n) is 7.39. The van der Waals surface area contributed by atoms with E-state index in [9.17, 15) is 9.18 Å². The van der Waals surface area contributed by atoms with Crippen molar-refractivity contribution in [3.05, 3.63) is 57.9 Å². The van der Waals surface area contributed by atoms with Crippen molar-refractivity contribution in [1.29, 1.82) is 5.26 Å². The van der Waals surface area contributed by atoms with Crippen molar-refractivity contribution in [2.75, 3.05) is 0 Å². The first-order valence-corrected chi connectivity index (χ1v) is 7.77. The molecule has 0 amide bonds. The number of halogens is 2. The Kier molecular flexibility index (Phi) is 4.41. The van der Waals surface area contributed by atoms with Crippen LogP contribution >= 0.6 is 11.6 Å². The van der Waals surface area contributed by atoms with Crippen LogP contribution in [0.4, 0.5) is 4.39 Å². The molecule has 122 valence electrons. The van der Waals surface area contributed by atoms with E-state index in [4.69, 9.17) is 26.7 Å². The SMILES string of the molecule is N#Cc1cc(Cl)cc(Oc2c(C3CC3)ccc(CC(=O)O)c2F)c1. The van der Waals surface area contributed by atoms with Crippen molar-refractivity contribution >= 4 is 17.6 Å². The average molecular weight is 346 g/mol. The lowest BCUT2D eigenvalue weighted by Crippen LogP contribution is -2.05. The Hall–Kier alpha value is -2.58. The van der Waals surface area contributed by atoms with Crippen molar-refractivity contribution in [2.45, 2.75) is 25.2 Å². The molecule has 1 saturated carbocycles. The highest BCUT2D eigenvalue weighted by Crippen LogP contribution is 2.47. The predicted octanol–water partition coefficient (Wildman–Crippen LogP) is 4.65. The molecule has 2 aromatic rings. The van der Waals surface area contributed by atoms with Crippen molar-refractivity contribution in [3.63, 3.8) is 0 Å². The summed E-state index contributed by atoms with van der Waals surface area (Å²) in [7, 11) is 0. The Morgan fingerprint density at radius 2 is 2.12 bits per heavy atom. The molecule has 0 heterocycles. The van der Waals surface area contributed by atoms with E-state index >= 15 is 0 Å². The molecule has 3 rings (SSSR count). The lowest BCUT2D eigenvalue weighted by Gasteiger charge is -2.14. The molecule has 1 aliphatic carbocycles. The van der Waals surface area contributed by atoms with E-state index in [-0.39, 0.29) is 23.0 Å². The quantitative estimate of drug-likeness (QED) is 0.856. The number of benzene rings is 2. The van der Waals surface area contributed by atoms with Gasteiger partial charge in [0.2, 0.25) is 0 Å². The summed E-state index contributed by atoms with van der Waals surface area (Å²) in [5, 5.41) is 18.2. The standard InChI is InChI=1S/C18H13ClFNO3/c19-13-5-10(9-21)6-14(8-13)24-18-15(11-1-2-11)4-3-12(17(18)20)7-16(22)23/h3-6,8,11H,1-2,7H2,(H,22,23). The van der Waals surface area contributed by atoms with Crippen LogP contribution in [0.1, 0.15) is 35.4 Å². The van der Waals surface area contributed by atoms with Gasteiger partial charge >= 0.3 is 5.97 Å². The minimum absolute atomic E-state index is 0.0161. The van der Waals surface area contributed by atoms with Crippen molar-refractivity contribution in [2.24, 2.45) is 0 Å². The number of hydrogen-bond donors (Lipinski definition) is 1. The number of carboxylic acid groups (broad SMARTS) is 1. The fourth-order valence-corrected chi connectivity index (χ4v) is 2.76. The highest BCUT2D eigenvalue weighted by molar-refractivity contribution is 6.30. The molecule has 0 saturated heterocycles. The van der Waals surface area contributed by atoms with Crippen LogP contribution in [-0.2, 0) is 11.2 Å². The number of rotatable bonds is 5. The van der Waals surface area contributed by atoms with Crippen LogP contribution in [-0.4, -0.2) is 11.1 Å². The Morgan fingerprint density at radius 1 is 1.38 bits per heavy atom. The molecule has 0 radical (unpaired) electrons. The van der Waals surface area contributed by atoms with E-state index < -0.39 is 18.2 Å². The molecule has 0 atom stereocenters. The third kappa shape index (κ3) is 3.50. The molecule has 2 aromatic carbocycles. The summed E-state index contributed by atoms with van der Waals surface area (Å²) in [4.78, 5) is 10.9. The fraction of sp³-hybridized carbons (Fsp3) is 0.222. The van der Waals surface area contributed by atoms with E-state index in [1.807, 2.05) is 6.07 Å². The van der Waals surface area contributed by atoms with Gasteiger partial charge in [-0.05, 0) is 37.0 Å². The highest BCUT2D eigenvalue weighted by atomic mass is 35.5. The smallest absolute Gasteiger partial charge is 0.307 e. The van der Waals surface area contributed by atoms with Gasteiger partial charge in [-0.2, -0.15) is 5.26 Å². The second-order valence-corrected chi connectivity index (χ2v) is 6.13. The molecule has 0 aliphatic heterocycles. The van der Waals surface area contributed by atoms with Gasteiger partial charge in [0.1, 0.15) is 5.75 Å². The molecule has 24 heavy (non-hydrogen) atoms. The number of nitrogens with zero attached hydrogens (tertiary/aromatic N) is 1. The number of carboxylic acids is 1. The Balaban J connectivity index is 2.03. The Labute approximate surface area is 143 Å². The number of ether oxygens (including phenoxy) is 1. The van der Waals surface area contributed by atoms with Crippen molar-refractivity contribution in [3.8, 4) is 17.6 Å². The molecule has 4 nitrogen and oxygen atoms in total. The van der Waals surface area contributed by atoms with Crippen molar-refractivity contribution in [1.82, 2.24) is 0 Å². The van der Waals surface area contributed by atoms with E-state index in [1.54, 1.807) is 6.07 Å². The van der Waals surface area contributed by atoms with Gasteiger partial charge in [-0.25, -0.2) is 4.39 Å². The van der Waals surface area contributed by atoms with Gasteiger partial charge < -0.3 is 9.84 Å². The topological polar surface area (TPSA) is 70.3 Å². The number of nitriles is 1. The summed E-state index contributed by atoms with van der Waals surface area (Å²) in [6, 6.07) is 9.59. The molecule has 0 bridgehead atoms. The number of hydrogen-bond acceptors (Lipinski definition) is 3. The van der Waals surface area contributed by atoms with E-state index in [1.165, 1.54) is 24.3 Å². The fourth-order valence-electron chi connectivity index (χ4n) is 2.53.